The quantitative estimate of drug-likeness (QED) is 0.0984. The molecule has 0 amide bonds. The molecule has 0 saturated heterocycles. The van der Waals surface area contributed by atoms with Crippen molar-refractivity contribution < 1.29 is 47.6 Å². The van der Waals surface area contributed by atoms with Gasteiger partial charge in [0.1, 0.15) is 56.8 Å². The van der Waals surface area contributed by atoms with Crippen LogP contribution in [0, 0.1) is 0 Å². The van der Waals surface area contributed by atoms with Crippen LogP contribution in [-0.2, 0) is 0 Å². The Hall–Kier alpha value is -9.16. The molecule has 0 aliphatic carbocycles. The Labute approximate surface area is 387 Å². The van der Waals surface area contributed by atoms with Crippen molar-refractivity contribution in [2.75, 3.05) is 28.4 Å². The fraction of sp³-hybridized carbons (Fsp3) is 0.0714. The zero-order valence-corrected chi connectivity index (χ0v) is 37.0. The number of hydrogen-bond donors (Lipinski definition) is 2. The average Bonchev–Trinajstić information content (AvgIpc) is 3.38. The van der Waals surface area contributed by atoms with E-state index < -0.39 is 11.6 Å². The second-order valence-electron chi connectivity index (χ2n) is 15.5. The second-order valence-corrected chi connectivity index (χ2v) is 15.5. The van der Waals surface area contributed by atoms with Crippen molar-refractivity contribution in [3.05, 3.63) is 200 Å². The van der Waals surface area contributed by atoms with Crippen LogP contribution in [0.5, 0.6) is 34.5 Å². The Kier molecular flexibility index (Phi) is 11.9. The van der Waals surface area contributed by atoms with Crippen molar-refractivity contribution in [3.63, 3.8) is 0 Å². The van der Waals surface area contributed by atoms with E-state index in [1.807, 2.05) is 60.7 Å². The number of aromatic hydroxyl groups is 2. The zero-order chi connectivity index (χ0) is 47.6. The predicted octanol–water partition coefficient (Wildman–Crippen LogP) is 11.1. The zero-order valence-electron chi connectivity index (χ0n) is 37.0. The topological polar surface area (TPSA) is 172 Å². The van der Waals surface area contributed by atoms with Crippen LogP contribution in [0.3, 0.4) is 0 Å². The molecule has 8 aromatic carbocycles. The maximum atomic E-state index is 13.5. The van der Waals surface area contributed by atoms with E-state index in [1.54, 1.807) is 60.7 Å². The number of phenolic OH excluding ortho intramolecular Hbond substituents is 2. The molecule has 336 valence electrons. The van der Waals surface area contributed by atoms with Crippen LogP contribution < -0.4 is 29.8 Å². The maximum absolute atomic E-state index is 13.5. The molecule has 0 aliphatic rings. The van der Waals surface area contributed by atoms with Crippen LogP contribution >= 0.6 is 0 Å². The van der Waals surface area contributed by atoms with Crippen molar-refractivity contribution in [2.45, 2.75) is 0 Å². The van der Waals surface area contributed by atoms with Gasteiger partial charge in [0.2, 0.25) is 10.9 Å². The van der Waals surface area contributed by atoms with Crippen molar-refractivity contribution >= 4 is 55.4 Å². The van der Waals surface area contributed by atoms with Gasteiger partial charge in [-0.15, -0.1) is 0 Å². The fourth-order valence-corrected chi connectivity index (χ4v) is 8.02. The molecule has 0 saturated carbocycles. The highest BCUT2D eigenvalue weighted by molar-refractivity contribution is 6.15. The third-order valence-electron chi connectivity index (χ3n) is 11.5. The van der Waals surface area contributed by atoms with Crippen LogP contribution in [0.25, 0.3) is 66.1 Å². The number of rotatable bonds is 10. The average molecular weight is 905 g/mol. The van der Waals surface area contributed by atoms with Gasteiger partial charge in [-0.05, 0) is 108 Å². The van der Waals surface area contributed by atoms with Gasteiger partial charge in [0, 0.05) is 22.3 Å². The summed E-state index contributed by atoms with van der Waals surface area (Å²) in [5.74, 6) is 0.670. The van der Waals surface area contributed by atoms with Crippen molar-refractivity contribution in [1.29, 1.82) is 0 Å². The Morgan fingerprint density at radius 2 is 0.765 bits per heavy atom. The van der Waals surface area contributed by atoms with E-state index in [4.69, 9.17) is 27.8 Å². The lowest BCUT2D eigenvalue weighted by Gasteiger charge is -2.12. The minimum atomic E-state index is -0.444. The number of ketones is 2. The van der Waals surface area contributed by atoms with E-state index in [2.05, 4.69) is 0 Å². The summed E-state index contributed by atoms with van der Waals surface area (Å²) >= 11 is 0. The summed E-state index contributed by atoms with van der Waals surface area (Å²) in [6.07, 6.45) is 0. The summed E-state index contributed by atoms with van der Waals surface area (Å²) < 4.78 is 33.3. The lowest BCUT2D eigenvalue weighted by atomic mass is 9.94. The largest absolute Gasteiger partial charge is 0.507 e. The van der Waals surface area contributed by atoms with Gasteiger partial charge in [-0.2, -0.15) is 0 Å². The van der Waals surface area contributed by atoms with Gasteiger partial charge in [-0.1, -0.05) is 60.7 Å². The number of fused-ring (bicyclic) bond motifs is 4. The molecule has 0 unspecified atom stereocenters. The molecule has 0 radical (unpaired) electrons. The molecule has 0 aliphatic heterocycles. The van der Waals surface area contributed by atoms with Crippen LogP contribution in [0.4, 0.5) is 0 Å². The first-order chi connectivity index (χ1) is 33.0. The molecule has 12 nitrogen and oxygen atoms in total. The number of benzene rings is 8. The molecule has 68 heavy (non-hydrogen) atoms. The van der Waals surface area contributed by atoms with Gasteiger partial charge in [0.05, 0.1) is 61.1 Å². The first kappa shape index (κ1) is 44.1. The Morgan fingerprint density at radius 3 is 1.13 bits per heavy atom. The molecule has 0 bridgehead atoms. The second kappa shape index (κ2) is 18.4. The van der Waals surface area contributed by atoms with E-state index in [0.29, 0.717) is 67.2 Å². The highest BCUT2D eigenvalue weighted by Gasteiger charge is 2.23. The fourth-order valence-electron chi connectivity index (χ4n) is 8.02. The van der Waals surface area contributed by atoms with Crippen LogP contribution in [0.2, 0.25) is 0 Å². The number of phenols is 2. The Morgan fingerprint density at radius 1 is 0.412 bits per heavy atom. The SMILES string of the molecule is COc1ccc(O)c(C(=O)c2cc(-c3ccccc3)c3oc4ccc(OC)cc4c(=O)c3c2)c1.COc1ccc(O)c(C(=O)c2cc(-c3ccccc3)c3oc4ccc(OC)cc4c(=O)c3c2)c1. The standard InChI is InChI=1S/2C28H20O6/c2*1-32-18-8-10-24(29)21(14-18)26(30)17-12-20(16-6-4-3-5-7-16)28-23(13-17)27(31)22-15-19(33-2)9-11-25(22)34-28/h2*3-15,29H,1-2H3. The number of carbonyl (C=O) groups is 2. The van der Waals surface area contributed by atoms with E-state index >= 15 is 0 Å². The summed E-state index contributed by atoms with van der Waals surface area (Å²) in [6, 6.07) is 44.1. The minimum Gasteiger partial charge on any atom is -0.507 e. The number of methoxy groups -OCH3 is 4. The Bertz CT molecular complexity index is 3480. The summed E-state index contributed by atoms with van der Waals surface area (Å²) in [4.78, 5) is 54.0. The highest BCUT2D eigenvalue weighted by Crippen LogP contribution is 2.36. The predicted molar refractivity (Wildman–Crippen MR) is 260 cm³/mol. The molecule has 2 aromatic heterocycles. The van der Waals surface area contributed by atoms with Gasteiger partial charge >= 0.3 is 0 Å². The summed E-state index contributed by atoms with van der Waals surface area (Å²) in [5.41, 5.74) is 4.41. The van der Waals surface area contributed by atoms with Crippen molar-refractivity contribution in [2.24, 2.45) is 0 Å². The third-order valence-corrected chi connectivity index (χ3v) is 11.5. The monoisotopic (exact) mass is 904 g/mol. The van der Waals surface area contributed by atoms with Gasteiger partial charge < -0.3 is 38.0 Å². The van der Waals surface area contributed by atoms with E-state index in [0.717, 1.165) is 11.1 Å². The minimum absolute atomic E-state index is 0.0737. The molecule has 0 atom stereocenters. The van der Waals surface area contributed by atoms with E-state index in [1.165, 1.54) is 64.8 Å². The molecular weight excluding hydrogens is 865 g/mol. The van der Waals surface area contributed by atoms with Gasteiger partial charge in [0.15, 0.2) is 11.6 Å². The molecule has 0 spiro atoms. The molecule has 2 heterocycles. The normalized spacial score (nSPS) is 11.0. The van der Waals surface area contributed by atoms with Crippen molar-refractivity contribution in [1.82, 2.24) is 0 Å². The van der Waals surface area contributed by atoms with Crippen molar-refractivity contribution in [3.8, 4) is 56.8 Å². The number of carbonyl (C=O) groups excluding carboxylic acids is 2. The van der Waals surface area contributed by atoms with Gasteiger partial charge in [0.25, 0.3) is 0 Å². The lowest BCUT2D eigenvalue weighted by molar-refractivity contribution is 0.102. The number of hydrogen-bond acceptors (Lipinski definition) is 12. The van der Waals surface area contributed by atoms with Crippen LogP contribution in [-0.4, -0.2) is 50.2 Å². The summed E-state index contributed by atoms with van der Waals surface area (Å²) in [6.45, 7) is 0. The maximum Gasteiger partial charge on any atom is 0.200 e. The van der Waals surface area contributed by atoms with Gasteiger partial charge in [-0.25, -0.2) is 0 Å². The Balaban J connectivity index is 0.000000170. The summed E-state index contributed by atoms with van der Waals surface area (Å²) in [7, 11) is 6.01. The molecule has 0 fully saturated rings. The third kappa shape index (κ3) is 8.22. The molecule has 10 aromatic rings. The summed E-state index contributed by atoms with van der Waals surface area (Å²) in [5, 5.41) is 21.9. The first-order valence-corrected chi connectivity index (χ1v) is 21.1. The molecule has 2 N–H and O–H groups in total. The van der Waals surface area contributed by atoms with Crippen LogP contribution in [0.1, 0.15) is 31.8 Å². The van der Waals surface area contributed by atoms with E-state index in [9.17, 15) is 29.4 Å². The number of ether oxygens (including phenoxy) is 4. The smallest absolute Gasteiger partial charge is 0.200 e. The molecular formula is C56H40O12. The molecule has 10 rings (SSSR count). The van der Waals surface area contributed by atoms with Crippen LogP contribution in [0.15, 0.2) is 176 Å². The molecule has 12 heteroatoms. The first-order valence-electron chi connectivity index (χ1n) is 21.1. The van der Waals surface area contributed by atoms with Gasteiger partial charge in [-0.3, -0.25) is 19.2 Å². The highest BCUT2D eigenvalue weighted by atomic mass is 16.5. The lowest BCUT2D eigenvalue weighted by Crippen LogP contribution is -2.08. The van der Waals surface area contributed by atoms with E-state index in [-0.39, 0.29) is 55.4 Å².